The molecule has 1 aliphatic heterocycles. The number of nitrogens with zero attached hydrogens (tertiary/aromatic N) is 4. The zero-order valence-electron chi connectivity index (χ0n) is 17.1. The van der Waals surface area contributed by atoms with Crippen molar-refractivity contribution in [2.24, 2.45) is 5.92 Å². The number of carbonyl (C=O) groups is 1. The minimum atomic E-state index is -3.83. The van der Waals surface area contributed by atoms with Gasteiger partial charge in [-0.25, -0.2) is 18.2 Å². The van der Waals surface area contributed by atoms with Crippen LogP contribution < -0.4 is 0 Å². The minimum Gasteiger partial charge on any atom is -0.444 e. The number of ether oxygens (including phenoxy) is 1. The topological polar surface area (TPSA) is 84.2 Å². The molecule has 2 aromatic rings. The highest BCUT2D eigenvalue weighted by Gasteiger charge is 2.35. The lowest BCUT2D eigenvalue weighted by Crippen LogP contribution is -2.45. The number of hydrogen-bond acceptors (Lipinski definition) is 5. The highest BCUT2D eigenvalue weighted by Crippen LogP contribution is 2.29. The van der Waals surface area contributed by atoms with Gasteiger partial charge in [0.1, 0.15) is 11.2 Å². The summed E-state index contributed by atoms with van der Waals surface area (Å²) in [6.45, 7) is 6.58. The Bertz CT molecular complexity index is 999. The fraction of sp³-hybridized carbons (Fsp3) is 0.579. The molecule has 0 saturated carbocycles. The second-order valence-corrected chi connectivity index (χ2v) is 10.6. The summed E-state index contributed by atoms with van der Waals surface area (Å²) in [4.78, 5) is 17.9. The van der Waals surface area contributed by atoms with E-state index in [1.165, 1.54) is 13.6 Å². The lowest BCUT2D eigenvalue weighted by Gasteiger charge is -2.34. The second-order valence-electron chi connectivity index (χ2n) is 8.37. The Morgan fingerprint density at radius 3 is 2.79 bits per heavy atom. The fourth-order valence-electron chi connectivity index (χ4n) is 3.49. The Morgan fingerprint density at radius 1 is 1.38 bits per heavy atom. The van der Waals surface area contributed by atoms with Crippen molar-refractivity contribution in [1.82, 2.24) is 18.6 Å². The number of carbonyl (C=O) groups excluding carboxylic acids is 1. The molecule has 1 aliphatic rings. The zero-order valence-corrected chi connectivity index (χ0v) is 18.7. The lowest BCUT2D eigenvalue weighted by molar-refractivity contribution is 0.0258. The molecule has 0 bridgehead atoms. The largest absolute Gasteiger partial charge is 0.444 e. The lowest BCUT2D eigenvalue weighted by atomic mass is 9.99. The van der Waals surface area contributed by atoms with Crippen LogP contribution in [0.5, 0.6) is 0 Å². The molecule has 1 fully saturated rings. The van der Waals surface area contributed by atoms with Crippen LogP contribution in [0.15, 0.2) is 29.4 Å². The molecule has 3 heterocycles. The highest BCUT2D eigenvalue weighted by atomic mass is 35.5. The SMILES string of the molecule is CN(C[C@H]1CCCN(S(=O)(=O)c2c(Cl)nc3ccccn23)C1)C(=O)OC(C)(C)C. The average Bonchev–Trinajstić information content (AvgIpc) is 2.96. The van der Waals surface area contributed by atoms with Gasteiger partial charge in [0.05, 0.1) is 0 Å². The normalized spacial score (nSPS) is 18.7. The van der Waals surface area contributed by atoms with Crippen LogP contribution in [0, 0.1) is 5.92 Å². The van der Waals surface area contributed by atoms with E-state index in [2.05, 4.69) is 4.98 Å². The number of piperidine rings is 1. The van der Waals surface area contributed by atoms with Crippen molar-refractivity contribution in [3.8, 4) is 0 Å². The van der Waals surface area contributed by atoms with E-state index in [-0.39, 0.29) is 16.1 Å². The average molecular weight is 443 g/mol. The molecule has 0 aliphatic carbocycles. The number of hydrogen-bond donors (Lipinski definition) is 0. The fourth-order valence-corrected chi connectivity index (χ4v) is 5.65. The molecular formula is C19H27ClN4O4S. The highest BCUT2D eigenvalue weighted by molar-refractivity contribution is 7.89. The number of pyridine rings is 1. The van der Waals surface area contributed by atoms with Gasteiger partial charge >= 0.3 is 6.09 Å². The smallest absolute Gasteiger partial charge is 0.410 e. The van der Waals surface area contributed by atoms with Crippen LogP contribution in [0.4, 0.5) is 4.79 Å². The molecule has 0 radical (unpaired) electrons. The standard InChI is InChI=1S/C19H27ClN4O4S/c1-19(2,3)28-18(25)22(4)12-14-8-7-10-23(13-14)29(26,27)17-16(20)21-15-9-5-6-11-24(15)17/h5-6,9,11,14H,7-8,10,12-13H2,1-4H3/t14-/m1/s1. The Hall–Kier alpha value is -1.84. The molecule has 160 valence electrons. The second kappa shape index (κ2) is 8.12. The van der Waals surface area contributed by atoms with Crippen molar-refractivity contribution in [2.45, 2.75) is 44.2 Å². The Balaban J connectivity index is 1.76. The van der Waals surface area contributed by atoms with E-state index in [1.807, 2.05) is 20.8 Å². The number of imidazole rings is 1. The van der Waals surface area contributed by atoms with Gasteiger partial charge in [-0.1, -0.05) is 17.7 Å². The molecule has 0 unspecified atom stereocenters. The molecule has 2 aromatic heterocycles. The van der Waals surface area contributed by atoms with Crippen molar-refractivity contribution in [2.75, 3.05) is 26.7 Å². The molecule has 0 spiro atoms. The van der Waals surface area contributed by atoms with E-state index in [4.69, 9.17) is 16.3 Å². The summed E-state index contributed by atoms with van der Waals surface area (Å²) in [6, 6.07) is 5.22. The Labute approximate surface area is 176 Å². The van der Waals surface area contributed by atoms with Gasteiger partial charge in [0.15, 0.2) is 10.2 Å². The molecular weight excluding hydrogens is 416 g/mol. The number of halogens is 1. The molecule has 3 rings (SSSR count). The molecule has 29 heavy (non-hydrogen) atoms. The summed E-state index contributed by atoms with van der Waals surface area (Å²) in [5.74, 6) is 0.00834. The molecule has 0 N–H and O–H groups in total. The van der Waals surface area contributed by atoms with E-state index in [1.54, 1.807) is 31.4 Å². The van der Waals surface area contributed by atoms with Crippen molar-refractivity contribution in [3.63, 3.8) is 0 Å². The predicted octanol–water partition coefficient (Wildman–Crippen LogP) is 3.26. The van der Waals surface area contributed by atoms with E-state index in [9.17, 15) is 13.2 Å². The summed E-state index contributed by atoms with van der Waals surface area (Å²) in [6.07, 6.45) is 2.77. The van der Waals surface area contributed by atoms with E-state index in [0.717, 1.165) is 6.42 Å². The van der Waals surface area contributed by atoms with Crippen molar-refractivity contribution >= 4 is 33.4 Å². The monoisotopic (exact) mass is 442 g/mol. The first-order valence-corrected chi connectivity index (χ1v) is 11.4. The maximum absolute atomic E-state index is 13.3. The van der Waals surface area contributed by atoms with E-state index in [0.29, 0.717) is 31.7 Å². The van der Waals surface area contributed by atoms with Crippen LogP contribution in [-0.4, -0.2) is 65.4 Å². The zero-order chi connectivity index (χ0) is 21.4. The van der Waals surface area contributed by atoms with Gasteiger partial charge in [-0.05, 0) is 51.7 Å². The van der Waals surface area contributed by atoms with E-state index < -0.39 is 21.7 Å². The molecule has 1 amide bonds. The number of rotatable bonds is 4. The number of sulfonamides is 1. The van der Waals surface area contributed by atoms with Gasteiger partial charge in [0.25, 0.3) is 10.0 Å². The van der Waals surface area contributed by atoms with Gasteiger partial charge in [0.2, 0.25) is 0 Å². The van der Waals surface area contributed by atoms with E-state index >= 15 is 0 Å². The van der Waals surface area contributed by atoms with Crippen LogP contribution in [0.2, 0.25) is 5.15 Å². The first kappa shape index (κ1) is 21.9. The third kappa shape index (κ3) is 4.84. The van der Waals surface area contributed by atoms with Crippen LogP contribution in [0.1, 0.15) is 33.6 Å². The Kier molecular flexibility index (Phi) is 6.12. The maximum atomic E-state index is 13.3. The van der Waals surface area contributed by atoms with Crippen molar-refractivity contribution in [3.05, 3.63) is 29.5 Å². The quantitative estimate of drug-likeness (QED) is 0.725. The third-order valence-electron chi connectivity index (χ3n) is 4.75. The molecule has 0 aromatic carbocycles. The van der Waals surface area contributed by atoms with Crippen molar-refractivity contribution in [1.29, 1.82) is 0 Å². The van der Waals surface area contributed by atoms with Crippen LogP contribution >= 0.6 is 11.6 Å². The molecule has 8 nitrogen and oxygen atoms in total. The predicted molar refractivity (Wildman–Crippen MR) is 111 cm³/mol. The third-order valence-corrected chi connectivity index (χ3v) is 7.02. The summed E-state index contributed by atoms with van der Waals surface area (Å²) in [5.41, 5.74) is -0.0955. The summed E-state index contributed by atoms with van der Waals surface area (Å²) < 4.78 is 34.9. The van der Waals surface area contributed by atoms with Crippen LogP contribution in [0.25, 0.3) is 5.65 Å². The van der Waals surface area contributed by atoms with Crippen LogP contribution in [-0.2, 0) is 14.8 Å². The van der Waals surface area contributed by atoms with Gasteiger partial charge in [-0.3, -0.25) is 4.40 Å². The number of fused-ring (bicyclic) bond motifs is 1. The van der Waals surface area contributed by atoms with Crippen molar-refractivity contribution < 1.29 is 17.9 Å². The summed E-state index contributed by atoms with van der Waals surface area (Å²) >= 11 is 6.19. The van der Waals surface area contributed by atoms with Gasteiger partial charge in [-0.15, -0.1) is 0 Å². The summed E-state index contributed by atoms with van der Waals surface area (Å²) in [7, 11) is -2.16. The van der Waals surface area contributed by atoms with Gasteiger partial charge < -0.3 is 9.64 Å². The molecule has 1 atom stereocenters. The van der Waals surface area contributed by atoms with Gasteiger partial charge in [0, 0.05) is 32.9 Å². The summed E-state index contributed by atoms with van der Waals surface area (Å²) in [5, 5.41) is -0.0555. The minimum absolute atomic E-state index is 0.00834. The molecule has 1 saturated heterocycles. The number of amides is 1. The Morgan fingerprint density at radius 2 is 2.10 bits per heavy atom. The first-order valence-electron chi connectivity index (χ1n) is 9.56. The molecule has 10 heteroatoms. The maximum Gasteiger partial charge on any atom is 0.410 e. The first-order chi connectivity index (χ1) is 13.5. The van der Waals surface area contributed by atoms with Gasteiger partial charge in [-0.2, -0.15) is 4.31 Å². The number of aromatic nitrogens is 2. The van der Waals surface area contributed by atoms with Crippen LogP contribution in [0.3, 0.4) is 0 Å².